The van der Waals surface area contributed by atoms with E-state index in [0.29, 0.717) is 24.6 Å². The number of carbonyl (C=O) groups excluding carboxylic acids is 1. The highest BCUT2D eigenvalue weighted by Crippen LogP contribution is 2.59. The molecule has 2 aliphatic rings. The first kappa shape index (κ1) is 12.0. The van der Waals surface area contributed by atoms with Crippen LogP contribution in [0.15, 0.2) is 18.2 Å². The number of anilines is 1. The van der Waals surface area contributed by atoms with Gasteiger partial charge < -0.3 is 4.90 Å². The van der Waals surface area contributed by atoms with E-state index in [1.165, 1.54) is 0 Å². The van der Waals surface area contributed by atoms with Crippen LogP contribution in [0.25, 0.3) is 0 Å². The number of fused-ring (bicyclic) bond motifs is 1. The summed E-state index contributed by atoms with van der Waals surface area (Å²) >= 11 is 3.09. The maximum atomic E-state index is 13.1. The second kappa shape index (κ2) is 3.98. The Bertz CT molecular complexity index is 495. The predicted octanol–water partition coefficient (Wildman–Crippen LogP) is 2.36. The van der Waals surface area contributed by atoms with Gasteiger partial charge in [-0.15, -0.1) is 0 Å². The topological polar surface area (TPSA) is 33.2 Å². The highest BCUT2D eigenvalue weighted by Gasteiger charge is 2.71. The van der Waals surface area contributed by atoms with Crippen molar-refractivity contribution in [3.05, 3.63) is 23.9 Å². The van der Waals surface area contributed by atoms with E-state index < -0.39 is 17.8 Å². The van der Waals surface area contributed by atoms with Crippen molar-refractivity contribution in [2.75, 3.05) is 23.3 Å². The van der Waals surface area contributed by atoms with Gasteiger partial charge in [0.1, 0.15) is 11.5 Å². The standard InChI is InChI=1S/C12H11BrF2N2O/c13-4-10(18)9-2-1-3-11(16-9)17-5-7-8(6-17)12(7,14)15/h1-3,7-8H,4-6H2. The van der Waals surface area contributed by atoms with Crippen LogP contribution in [0.2, 0.25) is 0 Å². The normalized spacial score (nSPS) is 28.1. The molecule has 1 aromatic heterocycles. The van der Waals surface area contributed by atoms with Crippen LogP contribution in [0.3, 0.4) is 0 Å². The smallest absolute Gasteiger partial charge is 0.258 e. The lowest BCUT2D eigenvalue weighted by Gasteiger charge is -2.21. The molecule has 2 heterocycles. The van der Waals surface area contributed by atoms with E-state index in [0.717, 1.165) is 0 Å². The minimum atomic E-state index is -2.49. The van der Waals surface area contributed by atoms with Gasteiger partial charge in [-0.25, -0.2) is 13.8 Å². The van der Waals surface area contributed by atoms with Crippen LogP contribution in [0.1, 0.15) is 10.5 Å². The summed E-state index contributed by atoms with van der Waals surface area (Å²) in [6.45, 7) is 0.660. The number of hydrogen-bond acceptors (Lipinski definition) is 3. The van der Waals surface area contributed by atoms with Crippen molar-refractivity contribution in [1.82, 2.24) is 4.98 Å². The number of pyridine rings is 1. The lowest BCUT2D eigenvalue weighted by Crippen LogP contribution is -2.28. The van der Waals surface area contributed by atoms with Crippen LogP contribution in [0.5, 0.6) is 0 Å². The molecular weight excluding hydrogens is 306 g/mol. The second-order valence-electron chi connectivity index (χ2n) is 4.73. The fraction of sp³-hybridized carbons (Fsp3) is 0.500. The lowest BCUT2D eigenvalue weighted by molar-refractivity contribution is 0.0796. The molecule has 0 radical (unpaired) electrons. The molecule has 96 valence electrons. The Morgan fingerprint density at radius 1 is 1.44 bits per heavy atom. The highest BCUT2D eigenvalue weighted by atomic mass is 79.9. The van der Waals surface area contributed by atoms with Crippen molar-refractivity contribution >= 4 is 27.5 Å². The molecule has 2 fully saturated rings. The van der Waals surface area contributed by atoms with Gasteiger partial charge in [0.15, 0.2) is 5.78 Å². The zero-order chi connectivity index (χ0) is 12.9. The summed E-state index contributed by atoms with van der Waals surface area (Å²) < 4.78 is 26.2. The quantitative estimate of drug-likeness (QED) is 0.634. The van der Waals surface area contributed by atoms with Crippen molar-refractivity contribution in [3.8, 4) is 0 Å². The molecule has 1 aromatic rings. The summed E-state index contributed by atoms with van der Waals surface area (Å²) in [7, 11) is 0. The number of ketones is 1. The Balaban J connectivity index is 1.77. The minimum absolute atomic E-state index is 0.105. The summed E-state index contributed by atoms with van der Waals surface area (Å²) in [5.41, 5.74) is 0.372. The molecule has 1 aliphatic carbocycles. The van der Waals surface area contributed by atoms with Gasteiger partial charge in [-0.1, -0.05) is 22.0 Å². The van der Waals surface area contributed by atoms with Gasteiger partial charge in [0.25, 0.3) is 5.92 Å². The maximum absolute atomic E-state index is 13.1. The number of alkyl halides is 3. The Morgan fingerprint density at radius 2 is 2.11 bits per heavy atom. The molecule has 1 saturated carbocycles. The third-order valence-electron chi connectivity index (χ3n) is 3.66. The number of rotatable bonds is 3. The maximum Gasteiger partial charge on any atom is 0.258 e. The van der Waals surface area contributed by atoms with Crippen molar-refractivity contribution in [3.63, 3.8) is 0 Å². The first-order chi connectivity index (χ1) is 8.54. The Labute approximate surface area is 111 Å². The van der Waals surface area contributed by atoms with Crippen LogP contribution < -0.4 is 4.90 Å². The average molecular weight is 317 g/mol. The van der Waals surface area contributed by atoms with Gasteiger partial charge in [0.05, 0.1) is 17.2 Å². The molecule has 18 heavy (non-hydrogen) atoms. The predicted molar refractivity (Wildman–Crippen MR) is 66.5 cm³/mol. The number of carbonyl (C=O) groups is 1. The average Bonchev–Trinajstić information content (AvgIpc) is 2.78. The molecular formula is C12H11BrF2N2O. The molecule has 6 heteroatoms. The Kier molecular flexibility index (Phi) is 2.66. The summed E-state index contributed by atoms with van der Waals surface area (Å²) in [6, 6.07) is 5.13. The number of Topliss-reactive ketones (excluding diaryl/α,β-unsaturated/α-hetero) is 1. The molecule has 1 saturated heterocycles. The van der Waals surface area contributed by atoms with Gasteiger partial charge in [0, 0.05) is 13.1 Å². The number of hydrogen-bond donors (Lipinski definition) is 0. The number of nitrogens with zero attached hydrogens (tertiary/aromatic N) is 2. The molecule has 1 aliphatic heterocycles. The van der Waals surface area contributed by atoms with Gasteiger partial charge in [0.2, 0.25) is 0 Å². The van der Waals surface area contributed by atoms with E-state index in [4.69, 9.17) is 0 Å². The molecule has 0 N–H and O–H groups in total. The third kappa shape index (κ3) is 1.74. The largest absolute Gasteiger partial charge is 0.356 e. The van der Waals surface area contributed by atoms with Gasteiger partial charge >= 0.3 is 0 Å². The number of halogens is 3. The van der Waals surface area contributed by atoms with Crippen molar-refractivity contribution in [2.24, 2.45) is 11.8 Å². The zero-order valence-electron chi connectivity index (χ0n) is 9.44. The fourth-order valence-corrected chi connectivity index (χ4v) is 2.81. The molecule has 0 bridgehead atoms. The van der Waals surface area contributed by atoms with Crippen LogP contribution in [0, 0.1) is 11.8 Å². The highest BCUT2D eigenvalue weighted by molar-refractivity contribution is 9.09. The first-order valence-corrected chi connectivity index (χ1v) is 6.85. The van der Waals surface area contributed by atoms with E-state index in [-0.39, 0.29) is 11.1 Å². The van der Waals surface area contributed by atoms with Crippen LogP contribution >= 0.6 is 15.9 Å². The van der Waals surface area contributed by atoms with Crippen LogP contribution in [0.4, 0.5) is 14.6 Å². The first-order valence-electron chi connectivity index (χ1n) is 5.73. The van der Waals surface area contributed by atoms with Crippen LogP contribution in [-0.2, 0) is 0 Å². The van der Waals surface area contributed by atoms with Gasteiger partial charge in [-0.2, -0.15) is 0 Å². The molecule has 2 unspecified atom stereocenters. The minimum Gasteiger partial charge on any atom is -0.356 e. The van der Waals surface area contributed by atoms with Crippen LogP contribution in [-0.4, -0.2) is 35.1 Å². The Hall–Kier alpha value is -1.04. The summed E-state index contributed by atoms with van der Waals surface area (Å²) in [5, 5.41) is 0.215. The molecule has 0 amide bonds. The van der Waals surface area contributed by atoms with Crippen molar-refractivity contribution in [2.45, 2.75) is 5.92 Å². The molecule has 3 nitrogen and oxygen atoms in total. The van der Waals surface area contributed by atoms with E-state index in [1.807, 2.05) is 4.90 Å². The summed E-state index contributed by atoms with van der Waals surface area (Å²) in [6.07, 6.45) is 0. The lowest BCUT2D eigenvalue weighted by atomic mass is 10.2. The molecule has 3 rings (SSSR count). The fourth-order valence-electron chi connectivity index (χ4n) is 2.52. The summed E-state index contributed by atoms with van der Waals surface area (Å²) in [5.74, 6) is -3.04. The van der Waals surface area contributed by atoms with E-state index >= 15 is 0 Å². The van der Waals surface area contributed by atoms with Crippen molar-refractivity contribution in [1.29, 1.82) is 0 Å². The summed E-state index contributed by atoms with van der Waals surface area (Å²) in [4.78, 5) is 17.6. The van der Waals surface area contributed by atoms with Gasteiger partial charge in [-0.05, 0) is 12.1 Å². The number of aromatic nitrogens is 1. The molecule has 2 atom stereocenters. The SMILES string of the molecule is O=C(CBr)c1cccc(N2CC3C(C2)C3(F)F)n1. The van der Waals surface area contributed by atoms with E-state index in [9.17, 15) is 13.6 Å². The monoisotopic (exact) mass is 316 g/mol. The number of piperidine rings is 1. The second-order valence-corrected chi connectivity index (χ2v) is 5.29. The Morgan fingerprint density at radius 3 is 2.72 bits per heavy atom. The zero-order valence-corrected chi connectivity index (χ0v) is 11.0. The molecule has 0 spiro atoms. The third-order valence-corrected chi connectivity index (χ3v) is 4.17. The van der Waals surface area contributed by atoms with E-state index in [2.05, 4.69) is 20.9 Å². The van der Waals surface area contributed by atoms with Gasteiger partial charge in [-0.3, -0.25) is 4.79 Å². The van der Waals surface area contributed by atoms with E-state index in [1.54, 1.807) is 18.2 Å². The molecule has 0 aromatic carbocycles. The van der Waals surface area contributed by atoms with Crippen molar-refractivity contribution < 1.29 is 13.6 Å².